The highest BCUT2D eigenvalue weighted by molar-refractivity contribution is 7.09. The summed E-state index contributed by atoms with van der Waals surface area (Å²) in [5, 5.41) is 2.98. The van der Waals surface area contributed by atoms with Crippen LogP contribution in [0.3, 0.4) is 0 Å². The van der Waals surface area contributed by atoms with Gasteiger partial charge in [0.15, 0.2) is 0 Å². The van der Waals surface area contributed by atoms with Crippen LogP contribution in [0.2, 0.25) is 0 Å². The van der Waals surface area contributed by atoms with Crippen molar-refractivity contribution in [3.63, 3.8) is 0 Å². The molecule has 4 heteroatoms. The van der Waals surface area contributed by atoms with E-state index in [-0.39, 0.29) is 0 Å². The normalized spacial score (nSPS) is 10.0. The highest BCUT2D eigenvalue weighted by atomic mass is 32.1. The first-order chi connectivity index (χ1) is 11.3. The lowest BCUT2D eigenvalue weighted by molar-refractivity contribution is 0.341. The first-order valence-corrected chi connectivity index (χ1v) is 8.26. The quantitative estimate of drug-likeness (QED) is 0.674. The van der Waals surface area contributed by atoms with Gasteiger partial charge >= 0.3 is 0 Å². The molecule has 0 N–H and O–H groups in total. The fourth-order valence-electron chi connectivity index (χ4n) is 2.14. The molecule has 0 radical (unpaired) electrons. The lowest BCUT2D eigenvalue weighted by atomic mass is 10.1. The summed E-state index contributed by atoms with van der Waals surface area (Å²) < 4.78 is 5.65. The number of thiazole rings is 1. The molecule has 0 spiro atoms. The molecule has 2 aromatic heterocycles. The Morgan fingerprint density at radius 2 is 2.00 bits per heavy atom. The van der Waals surface area contributed by atoms with Gasteiger partial charge in [-0.1, -0.05) is 18.1 Å². The monoisotopic (exact) mass is 320 g/mol. The Morgan fingerprint density at radius 1 is 1.13 bits per heavy atom. The summed E-state index contributed by atoms with van der Waals surface area (Å²) in [7, 11) is 0. The molecule has 2 heterocycles. The van der Waals surface area contributed by atoms with Crippen molar-refractivity contribution in [2.45, 2.75) is 13.8 Å². The van der Waals surface area contributed by atoms with Crippen molar-refractivity contribution in [1.29, 1.82) is 0 Å². The number of aryl methyl sites for hydroxylation is 1. The van der Waals surface area contributed by atoms with Crippen molar-refractivity contribution in [2.75, 3.05) is 6.61 Å². The van der Waals surface area contributed by atoms with Gasteiger partial charge in [0.2, 0.25) is 0 Å². The van der Waals surface area contributed by atoms with Crippen LogP contribution in [-0.4, -0.2) is 16.6 Å². The molecule has 0 bridgehead atoms. The van der Waals surface area contributed by atoms with Gasteiger partial charge in [-0.2, -0.15) is 0 Å². The molecule has 0 unspecified atom stereocenters. The Bertz CT molecular complexity index is 857. The molecule has 0 saturated heterocycles. The largest absolute Gasteiger partial charge is 0.493 e. The summed E-state index contributed by atoms with van der Waals surface area (Å²) in [4.78, 5) is 8.84. The first kappa shape index (κ1) is 15.3. The van der Waals surface area contributed by atoms with E-state index in [4.69, 9.17) is 4.74 Å². The minimum absolute atomic E-state index is 0.633. The van der Waals surface area contributed by atoms with Gasteiger partial charge in [0.25, 0.3) is 0 Å². The summed E-state index contributed by atoms with van der Waals surface area (Å²) in [6, 6.07) is 11.9. The van der Waals surface area contributed by atoms with Crippen molar-refractivity contribution in [2.24, 2.45) is 0 Å². The van der Waals surface area contributed by atoms with Gasteiger partial charge < -0.3 is 4.74 Å². The number of aromatic nitrogens is 2. The maximum Gasteiger partial charge on any atom is 0.128 e. The standard InChI is InChI=1S/C19H16N2OS/c1-3-22-19-7-5-4-6-17(19)18-11-9-15(12-20-18)8-10-16-13-23-14(2)21-16/h4-7,9,11-13H,3H2,1-2H3. The SMILES string of the molecule is CCOc1ccccc1-c1ccc(C#Cc2csc(C)n2)cn1. The van der Waals surface area contributed by atoms with Gasteiger partial charge in [0.1, 0.15) is 11.4 Å². The van der Waals surface area contributed by atoms with Gasteiger partial charge in [-0.25, -0.2) is 4.98 Å². The van der Waals surface area contributed by atoms with Crippen molar-refractivity contribution >= 4 is 11.3 Å². The molecule has 114 valence electrons. The van der Waals surface area contributed by atoms with Crippen molar-refractivity contribution < 1.29 is 4.74 Å². The minimum Gasteiger partial charge on any atom is -0.493 e. The summed E-state index contributed by atoms with van der Waals surface area (Å²) in [5.41, 5.74) is 3.54. The molecule has 0 atom stereocenters. The van der Waals surface area contributed by atoms with Crippen molar-refractivity contribution in [1.82, 2.24) is 9.97 Å². The van der Waals surface area contributed by atoms with E-state index in [1.807, 2.05) is 55.6 Å². The van der Waals surface area contributed by atoms with Crippen LogP contribution < -0.4 is 4.74 Å². The molecule has 3 rings (SSSR count). The number of rotatable bonds is 3. The maximum absolute atomic E-state index is 5.65. The second-order valence-electron chi connectivity index (χ2n) is 4.86. The van der Waals surface area contributed by atoms with E-state index < -0.39 is 0 Å². The van der Waals surface area contributed by atoms with E-state index in [0.717, 1.165) is 33.3 Å². The first-order valence-electron chi connectivity index (χ1n) is 7.38. The summed E-state index contributed by atoms with van der Waals surface area (Å²) in [6.45, 7) is 4.58. The number of hydrogen-bond acceptors (Lipinski definition) is 4. The van der Waals surface area contributed by atoms with Gasteiger partial charge in [-0.3, -0.25) is 4.98 Å². The molecule has 3 nitrogen and oxygen atoms in total. The third kappa shape index (κ3) is 3.77. The molecular formula is C19H16N2OS. The van der Waals surface area contributed by atoms with Gasteiger partial charge in [0.05, 0.1) is 17.3 Å². The van der Waals surface area contributed by atoms with Crippen LogP contribution in [0.1, 0.15) is 23.2 Å². The van der Waals surface area contributed by atoms with Crippen LogP contribution >= 0.6 is 11.3 Å². The highest BCUT2D eigenvalue weighted by Crippen LogP contribution is 2.28. The third-order valence-electron chi connectivity index (χ3n) is 3.18. The fraction of sp³-hybridized carbons (Fsp3) is 0.158. The van der Waals surface area contributed by atoms with Crippen LogP contribution in [0.15, 0.2) is 48.0 Å². The zero-order valence-corrected chi connectivity index (χ0v) is 13.9. The second kappa shape index (κ2) is 7.08. The number of benzene rings is 1. The molecule has 1 aromatic carbocycles. The number of ether oxygens (including phenoxy) is 1. The van der Waals surface area contributed by atoms with E-state index >= 15 is 0 Å². The van der Waals surface area contributed by atoms with E-state index in [1.54, 1.807) is 17.5 Å². The Hall–Kier alpha value is -2.64. The Balaban J connectivity index is 1.84. The molecule has 0 aliphatic rings. The molecule has 0 amide bonds. The fourth-order valence-corrected chi connectivity index (χ4v) is 2.69. The smallest absolute Gasteiger partial charge is 0.128 e. The number of para-hydroxylation sites is 1. The maximum atomic E-state index is 5.65. The topological polar surface area (TPSA) is 35.0 Å². The average molecular weight is 320 g/mol. The molecule has 0 saturated carbocycles. The second-order valence-corrected chi connectivity index (χ2v) is 5.93. The average Bonchev–Trinajstić information content (AvgIpc) is 3.00. The number of pyridine rings is 1. The van der Waals surface area contributed by atoms with Crippen LogP contribution in [0.5, 0.6) is 5.75 Å². The third-order valence-corrected chi connectivity index (χ3v) is 3.95. The number of hydrogen-bond donors (Lipinski definition) is 0. The van der Waals surface area contributed by atoms with Crippen molar-refractivity contribution in [3.05, 3.63) is 64.2 Å². The van der Waals surface area contributed by atoms with E-state index in [9.17, 15) is 0 Å². The highest BCUT2D eigenvalue weighted by Gasteiger charge is 2.06. The van der Waals surface area contributed by atoms with Gasteiger partial charge in [-0.15, -0.1) is 11.3 Å². The molecular weight excluding hydrogens is 304 g/mol. The Kier molecular flexibility index (Phi) is 4.70. The Labute approximate surface area is 140 Å². The van der Waals surface area contributed by atoms with Crippen LogP contribution in [0.4, 0.5) is 0 Å². The van der Waals surface area contributed by atoms with Gasteiger partial charge in [0, 0.05) is 22.7 Å². The zero-order valence-electron chi connectivity index (χ0n) is 13.0. The van der Waals surface area contributed by atoms with Crippen LogP contribution in [0.25, 0.3) is 11.3 Å². The van der Waals surface area contributed by atoms with Crippen molar-refractivity contribution in [3.8, 4) is 28.8 Å². The van der Waals surface area contributed by atoms with Crippen LogP contribution in [0, 0.1) is 18.8 Å². The molecule has 0 aliphatic heterocycles. The summed E-state index contributed by atoms with van der Waals surface area (Å²) in [5.74, 6) is 7.00. The predicted molar refractivity (Wildman–Crippen MR) is 93.7 cm³/mol. The van der Waals surface area contributed by atoms with Gasteiger partial charge in [-0.05, 0) is 44.0 Å². The molecule has 23 heavy (non-hydrogen) atoms. The summed E-state index contributed by atoms with van der Waals surface area (Å²) in [6.07, 6.45) is 1.78. The minimum atomic E-state index is 0.633. The lowest BCUT2D eigenvalue weighted by Crippen LogP contribution is -1.94. The van der Waals surface area contributed by atoms with E-state index in [1.165, 1.54) is 0 Å². The van der Waals surface area contributed by atoms with E-state index in [0.29, 0.717) is 6.61 Å². The number of nitrogens with zero attached hydrogens (tertiary/aromatic N) is 2. The van der Waals surface area contributed by atoms with E-state index in [2.05, 4.69) is 21.8 Å². The van der Waals surface area contributed by atoms with Crippen LogP contribution in [-0.2, 0) is 0 Å². The molecule has 0 fully saturated rings. The zero-order chi connectivity index (χ0) is 16.1. The Morgan fingerprint density at radius 3 is 2.70 bits per heavy atom. The molecule has 3 aromatic rings. The molecule has 0 aliphatic carbocycles. The summed E-state index contributed by atoms with van der Waals surface area (Å²) >= 11 is 1.60. The predicted octanol–water partition coefficient (Wildman–Crippen LogP) is 4.31. The lowest BCUT2D eigenvalue weighted by Gasteiger charge is -2.09.